The molecule has 0 bridgehead atoms. The van der Waals surface area contributed by atoms with Gasteiger partial charge in [0.15, 0.2) is 11.7 Å². The molecule has 0 saturated carbocycles. The number of Topliss-reactive ketones (excluding diaryl/α,β-unsaturated/α-hetero) is 1. The zero-order valence-electron chi connectivity index (χ0n) is 11.6. The Morgan fingerprint density at radius 3 is 2.29 bits per heavy atom. The maximum absolute atomic E-state index is 12.4. The van der Waals surface area contributed by atoms with E-state index in [1.165, 1.54) is 0 Å². The van der Waals surface area contributed by atoms with E-state index in [1.54, 1.807) is 0 Å². The molecule has 0 aromatic carbocycles. The SMILES string of the molecule is CC(C)C(C)C(=O)[C@@H](NC1=NCCN1)C(C)C. The number of nitrogens with zero attached hydrogens (tertiary/aromatic N) is 1. The quantitative estimate of drug-likeness (QED) is 0.763. The van der Waals surface area contributed by atoms with Crippen molar-refractivity contribution in [3.63, 3.8) is 0 Å². The van der Waals surface area contributed by atoms with Crippen LogP contribution in [0.1, 0.15) is 34.6 Å². The summed E-state index contributed by atoms with van der Waals surface area (Å²) in [5.74, 6) is 1.79. The topological polar surface area (TPSA) is 53.5 Å². The molecule has 0 saturated heterocycles. The summed E-state index contributed by atoms with van der Waals surface area (Å²) >= 11 is 0. The Hall–Kier alpha value is -1.06. The molecule has 0 spiro atoms. The molecule has 1 rings (SSSR count). The maximum atomic E-state index is 12.4. The average Bonchev–Trinajstić information content (AvgIpc) is 2.76. The summed E-state index contributed by atoms with van der Waals surface area (Å²) in [5, 5.41) is 6.39. The van der Waals surface area contributed by atoms with Crippen LogP contribution in [0.15, 0.2) is 4.99 Å². The number of guanidine groups is 1. The molecule has 4 nitrogen and oxygen atoms in total. The van der Waals surface area contributed by atoms with Crippen LogP contribution in [-0.2, 0) is 4.79 Å². The first kappa shape index (κ1) is 14.0. The Bertz CT molecular complexity index is 297. The van der Waals surface area contributed by atoms with E-state index in [-0.39, 0.29) is 23.7 Å². The largest absolute Gasteiger partial charge is 0.355 e. The van der Waals surface area contributed by atoms with Gasteiger partial charge in [0.25, 0.3) is 0 Å². The van der Waals surface area contributed by atoms with Crippen molar-refractivity contribution in [1.82, 2.24) is 10.6 Å². The zero-order chi connectivity index (χ0) is 13.0. The second-order valence-electron chi connectivity index (χ2n) is 5.46. The summed E-state index contributed by atoms with van der Waals surface area (Å²) in [7, 11) is 0. The molecule has 17 heavy (non-hydrogen) atoms. The van der Waals surface area contributed by atoms with Crippen LogP contribution < -0.4 is 10.6 Å². The van der Waals surface area contributed by atoms with Crippen LogP contribution in [0.25, 0.3) is 0 Å². The molecule has 1 aliphatic heterocycles. The van der Waals surface area contributed by atoms with Crippen molar-refractivity contribution in [2.75, 3.05) is 13.1 Å². The zero-order valence-corrected chi connectivity index (χ0v) is 11.6. The Kier molecular flexibility index (Phi) is 4.97. The molecule has 0 aromatic rings. The third-order valence-electron chi connectivity index (χ3n) is 3.39. The van der Waals surface area contributed by atoms with Gasteiger partial charge in [-0.2, -0.15) is 0 Å². The fourth-order valence-electron chi connectivity index (χ4n) is 1.82. The number of carbonyl (C=O) groups is 1. The molecule has 0 aromatic heterocycles. The molecule has 0 aliphatic carbocycles. The van der Waals surface area contributed by atoms with Gasteiger partial charge in [0.2, 0.25) is 0 Å². The minimum absolute atomic E-state index is 0.0805. The summed E-state index contributed by atoms with van der Waals surface area (Å²) in [6.07, 6.45) is 0. The van der Waals surface area contributed by atoms with Crippen molar-refractivity contribution in [2.45, 2.75) is 40.7 Å². The van der Waals surface area contributed by atoms with Gasteiger partial charge in [0, 0.05) is 12.5 Å². The van der Waals surface area contributed by atoms with Gasteiger partial charge in [-0.3, -0.25) is 9.79 Å². The Labute approximate surface area is 104 Å². The van der Waals surface area contributed by atoms with Crippen LogP contribution in [0.2, 0.25) is 0 Å². The second kappa shape index (κ2) is 6.03. The molecular formula is C13H25N3O. The number of rotatable bonds is 5. The highest BCUT2D eigenvalue weighted by atomic mass is 16.1. The van der Waals surface area contributed by atoms with Crippen molar-refractivity contribution in [1.29, 1.82) is 0 Å². The fraction of sp³-hybridized carbons (Fsp3) is 0.846. The normalized spacial score (nSPS) is 18.9. The fourth-order valence-corrected chi connectivity index (χ4v) is 1.82. The number of ketones is 1. The molecule has 1 aliphatic rings. The van der Waals surface area contributed by atoms with E-state index >= 15 is 0 Å². The maximum Gasteiger partial charge on any atom is 0.191 e. The summed E-state index contributed by atoms with van der Waals surface area (Å²) < 4.78 is 0. The molecule has 0 amide bonds. The average molecular weight is 239 g/mol. The molecule has 2 atom stereocenters. The second-order valence-corrected chi connectivity index (χ2v) is 5.46. The van der Waals surface area contributed by atoms with Crippen molar-refractivity contribution in [3.8, 4) is 0 Å². The number of hydrogen-bond acceptors (Lipinski definition) is 4. The van der Waals surface area contributed by atoms with Crippen LogP contribution in [0.5, 0.6) is 0 Å². The minimum Gasteiger partial charge on any atom is -0.355 e. The van der Waals surface area contributed by atoms with Crippen molar-refractivity contribution in [3.05, 3.63) is 0 Å². The molecule has 1 unspecified atom stereocenters. The first-order chi connectivity index (χ1) is 7.93. The molecule has 4 heteroatoms. The summed E-state index contributed by atoms with van der Waals surface area (Å²) in [4.78, 5) is 16.7. The van der Waals surface area contributed by atoms with Crippen molar-refractivity contribution < 1.29 is 4.79 Å². The van der Waals surface area contributed by atoms with Gasteiger partial charge in [-0.15, -0.1) is 0 Å². The lowest BCUT2D eigenvalue weighted by atomic mass is 9.86. The third-order valence-corrected chi connectivity index (χ3v) is 3.39. The molecule has 0 radical (unpaired) electrons. The molecule has 0 fully saturated rings. The van der Waals surface area contributed by atoms with Crippen LogP contribution >= 0.6 is 0 Å². The van der Waals surface area contributed by atoms with Crippen LogP contribution in [0.3, 0.4) is 0 Å². The van der Waals surface area contributed by atoms with E-state index in [0.29, 0.717) is 5.92 Å². The minimum atomic E-state index is -0.142. The third kappa shape index (κ3) is 3.72. The van der Waals surface area contributed by atoms with Crippen LogP contribution in [0.4, 0.5) is 0 Å². The lowest BCUT2D eigenvalue weighted by molar-refractivity contribution is -0.126. The number of nitrogens with one attached hydrogen (secondary N) is 2. The molecule has 2 N–H and O–H groups in total. The van der Waals surface area contributed by atoms with E-state index in [9.17, 15) is 4.79 Å². The Balaban J connectivity index is 2.68. The first-order valence-corrected chi connectivity index (χ1v) is 6.52. The van der Waals surface area contributed by atoms with Gasteiger partial charge in [-0.1, -0.05) is 34.6 Å². The van der Waals surface area contributed by atoms with Gasteiger partial charge in [0.1, 0.15) is 0 Å². The van der Waals surface area contributed by atoms with Crippen LogP contribution in [0, 0.1) is 17.8 Å². The van der Waals surface area contributed by atoms with Gasteiger partial charge >= 0.3 is 0 Å². The highest BCUT2D eigenvalue weighted by Gasteiger charge is 2.29. The summed E-state index contributed by atoms with van der Waals surface area (Å²) in [6, 6.07) is -0.142. The van der Waals surface area contributed by atoms with E-state index in [4.69, 9.17) is 0 Å². The molecular weight excluding hydrogens is 214 g/mol. The van der Waals surface area contributed by atoms with Crippen molar-refractivity contribution in [2.24, 2.45) is 22.7 Å². The highest BCUT2D eigenvalue weighted by molar-refractivity contribution is 5.92. The first-order valence-electron chi connectivity index (χ1n) is 6.52. The number of aliphatic imine (C=N–C) groups is 1. The predicted octanol–water partition coefficient (Wildman–Crippen LogP) is 1.42. The van der Waals surface area contributed by atoms with E-state index < -0.39 is 0 Å². The molecule has 98 valence electrons. The predicted molar refractivity (Wildman–Crippen MR) is 71.1 cm³/mol. The summed E-state index contributed by atoms with van der Waals surface area (Å²) in [6.45, 7) is 12.0. The Morgan fingerprint density at radius 1 is 1.24 bits per heavy atom. The van der Waals surface area contributed by atoms with Gasteiger partial charge in [0.05, 0.1) is 12.6 Å². The van der Waals surface area contributed by atoms with Gasteiger partial charge in [-0.25, -0.2) is 0 Å². The molecule has 1 heterocycles. The number of carbonyl (C=O) groups excluding carboxylic acids is 1. The van der Waals surface area contributed by atoms with Crippen molar-refractivity contribution >= 4 is 11.7 Å². The van der Waals surface area contributed by atoms with Gasteiger partial charge < -0.3 is 10.6 Å². The lowest BCUT2D eigenvalue weighted by Gasteiger charge is -2.26. The Morgan fingerprint density at radius 2 is 1.88 bits per heavy atom. The monoisotopic (exact) mass is 239 g/mol. The van der Waals surface area contributed by atoms with E-state index in [1.807, 2.05) is 6.92 Å². The van der Waals surface area contributed by atoms with Crippen LogP contribution in [-0.4, -0.2) is 30.9 Å². The van der Waals surface area contributed by atoms with Gasteiger partial charge in [-0.05, 0) is 11.8 Å². The smallest absolute Gasteiger partial charge is 0.191 e. The van der Waals surface area contributed by atoms with E-state index in [0.717, 1.165) is 19.0 Å². The summed E-state index contributed by atoms with van der Waals surface area (Å²) in [5.41, 5.74) is 0. The lowest BCUT2D eigenvalue weighted by Crippen LogP contribution is -2.50. The van der Waals surface area contributed by atoms with E-state index in [2.05, 4.69) is 43.3 Å². The number of hydrogen-bond donors (Lipinski definition) is 2. The highest BCUT2D eigenvalue weighted by Crippen LogP contribution is 2.16. The standard InChI is InChI=1S/C13H25N3O/c1-8(2)10(5)12(17)11(9(3)4)16-13-14-6-7-15-13/h8-11H,6-7H2,1-5H3,(H2,14,15,16)/t10?,11-/m0/s1.